The summed E-state index contributed by atoms with van der Waals surface area (Å²) < 4.78 is 11.3. The second-order valence-electron chi connectivity index (χ2n) is 5.92. The fourth-order valence-electron chi connectivity index (χ4n) is 2.65. The number of hydrogen-bond acceptors (Lipinski definition) is 5. The molecule has 2 amide bonds. The first-order chi connectivity index (χ1) is 11.5. The van der Waals surface area contributed by atoms with E-state index in [0.717, 1.165) is 17.7 Å². The number of benzene rings is 1. The van der Waals surface area contributed by atoms with E-state index in [-0.39, 0.29) is 17.9 Å². The van der Waals surface area contributed by atoms with E-state index in [0.29, 0.717) is 37.5 Å². The second-order valence-corrected chi connectivity index (χ2v) is 5.92. The minimum absolute atomic E-state index is 0.0810. The Kier molecular flexibility index (Phi) is 4.69. The first-order valence-electron chi connectivity index (χ1n) is 8.09. The zero-order chi connectivity index (χ0) is 17.1. The van der Waals surface area contributed by atoms with Crippen LogP contribution in [0.1, 0.15) is 37.8 Å². The Bertz CT molecular complexity index is 686. The topological polar surface area (TPSA) is 80.2 Å². The van der Waals surface area contributed by atoms with Crippen LogP contribution in [0.5, 0.6) is 11.5 Å². The minimum Gasteiger partial charge on any atom is -0.490 e. The standard InChI is InChI=1S/C17H21N3O4/c1-11(18-17(22)13-5-7-16(21)20(2)19-13)12-4-6-14-15(10-12)24-9-3-8-23-14/h4,6,10-11H,3,5,7-9H2,1-2H3,(H,18,22)/t11-/m0/s1. The number of nitrogens with one attached hydrogen (secondary N) is 1. The van der Waals surface area contributed by atoms with Gasteiger partial charge in [0.2, 0.25) is 5.91 Å². The van der Waals surface area contributed by atoms with Gasteiger partial charge in [0.25, 0.3) is 5.91 Å². The van der Waals surface area contributed by atoms with E-state index in [2.05, 4.69) is 10.4 Å². The van der Waals surface area contributed by atoms with Crippen LogP contribution < -0.4 is 14.8 Å². The van der Waals surface area contributed by atoms with Gasteiger partial charge in [-0.1, -0.05) is 6.07 Å². The number of ether oxygens (including phenoxy) is 2. The third-order valence-electron chi connectivity index (χ3n) is 4.09. The molecule has 7 heteroatoms. The largest absolute Gasteiger partial charge is 0.490 e. The number of hydrazone groups is 1. The summed E-state index contributed by atoms with van der Waals surface area (Å²) in [5.41, 5.74) is 1.30. The Morgan fingerprint density at radius 3 is 2.75 bits per heavy atom. The lowest BCUT2D eigenvalue weighted by Gasteiger charge is -2.21. The van der Waals surface area contributed by atoms with Crippen molar-refractivity contribution in [2.75, 3.05) is 20.3 Å². The van der Waals surface area contributed by atoms with Gasteiger partial charge in [-0.25, -0.2) is 5.01 Å². The molecule has 0 aromatic heterocycles. The Hall–Kier alpha value is -2.57. The van der Waals surface area contributed by atoms with E-state index >= 15 is 0 Å². The van der Waals surface area contributed by atoms with Crippen LogP contribution in [0.25, 0.3) is 0 Å². The molecule has 0 aliphatic carbocycles. The first-order valence-corrected chi connectivity index (χ1v) is 8.09. The van der Waals surface area contributed by atoms with Crippen LogP contribution >= 0.6 is 0 Å². The van der Waals surface area contributed by atoms with Crippen LogP contribution in [0.4, 0.5) is 0 Å². The highest BCUT2D eigenvalue weighted by Crippen LogP contribution is 2.32. The van der Waals surface area contributed by atoms with Gasteiger partial charge in [0.15, 0.2) is 11.5 Å². The predicted molar refractivity (Wildman–Crippen MR) is 88.0 cm³/mol. The average molecular weight is 331 g/mol. The molecule has 0 unspecified atom stereocenters. The fraction of sp³-hybridized carbons (Fsp3) is 0.471. The molecule has 24 heavy (non-hydrogen) atoms. The third-order valence-corrected chi connectivity index (χ3v) is 4.09. The lowest BCUT2D eigenvalue weighted by Crippen LogP contribution is -2.38. The molecule has 1 aromatic carbocycles. The van der Waals surface area contributed by atoms with E-state index < -0.39 is 0 Å². The van der Waals surface area contributed by atoms with Gasteiger partial charge in [-0.2, -0.15) is 5.10 Å². The van der Waals surface area contributed by atoms with Crippen LogP contribution in [0.3, 0.4) is 0 Å². The average Bonchev–Trinajstić information content (AvgIpc) is 2.81. The summed E-state index contributed by atoms with van der Waals surface area (Å²) in [6, 6.07) is 5.46. The van der Waals surface area contributed by atoms with E-state index in [1.165, 1.54) is 5.01 Å². The fourth-order valence-corrected chi connectivity index (χ4v) is 2.65. The molecule has 1 aromatic rings. The van der Waals surface area contributed by atoms with Crippen molar-refractivity contribution in [2.45, 2.75) is 32.2 Å². The summed E-state index contributed by atoms with van der Waals surface area (Å²) in [7, 11) is 1.56. The van der Waals surface area contributed by atoms with Gasteiger partial charge in [0.1, 0.15) is 5.71 Å². The van der Waals surface area contributed by atoms with Crippen molar-refractivity contribution in [3.8, 4) is 11.5 Å². The molecule has 0 fully saturated rings. The van der Waals surface area contributed by atoms with E-state index in [9.17, 15) is 9.59 Å². The highest BCUT2D eigenvalue weighted by atomic mass is 16.5. The monoisotopic (exact) mass is 331 g/mol. The second kappa shape index (κ2) is 6.90. The summed E-state index contributed by atoms with van der Waals surface area (Å²) in [6.45, 7) is 3.16. The zero-order valence-electron chi connectivity index (χ0n) is 13.9. The van der Waals surface area contributed by atoms with Crippen molar-refractivity contribution >= 4 is 17.5 Å². The van der Waals surface area contributed by atoms with Crippen LogP contribution in [-0.4, -0.2) is 42.8 Å². The third kappa shape index (κ3) is 3.50. The number of carbonyl (C=O) groups excluding carboxylic acids is 2. The molecule has 0 saturated carbocycles. The van der Waals surface area contributed by atoms with E-state index in [1.807, 2.05) is 25.1 Å². The number of carbonyl (C=O) groups is 2. The Labute approximate surface area is 140 Å². The highest BCUT2D eigenvalue weighted by molar-refractivity contribution is 6.39. The van der Waals surface area contributed by atoms with Crippen LogP contribution in [0, 0.1) is 0 Å². The van der Waals surface area contributed by atoms with Crippen molar-refractivity contribution in [3.63, 3.8) is 0 Å². The lowest BCUT2D eigenvalue weighted by atomic mass is 10.1. The number of rotatable bonds is 3. The van der Waals surface area contributed by atoms with Gasteiger partial charge in [-0.15, -0.1) is 0 Å². The molecule has 3 rings (SSSR count). The molecule has 0 bridgehead atoms. The summed E-state index contributed by atoms with van der Waals surface area (Å²) in [4.78, 5) is 23.8. The van der Waals surface area contributed by atoms with Gasteiger partial charge in [0.05, 0.1) is 19.3 Å². The van der Waals surface area contributed by atoms with Crippen LogP contribution in [0.2, 0.25) is 0 Å². The zero-order valence-corrected chi connectivity index (χ0v) is 13.9. The summed E-state index contributed by atoms with van der Waals surface area (Å²) >= 11 is 0. The number of amides is 2. The molecular formula is C17H21N3O4. The van der Waals surface area contributed by atoms with Gasteiger partial charge >= 0.3 is 0 Å². The van der Waals surface area contributed by atoms with Crippen molar-refractivity contribution in [2.24, 2.45) is 5.10 Å². The minimum atomic E-state index is -0.256. The number of nitrogens with zero attached hydrogens (tertiary/aromatic N) is 2. The van der Waals surface area contributed by atoms with E-state index in [4.69, 9.17) is 9.47 Å². The maximum Gasteiger partial charge on any atom is 0.267 e. The molecule has 7 nitrogen and oxygen atoms in total. The molecule has 2 aliphatic heterocycles. The summed E-state index contributed by atoms with van der Waals surface area (Å²) in [5.74, 6) is 1.09. The highest BCUT2D eigenvalue weighted by Gasteiger charge is 2.23. The van der Waals surface area contributed by atoms with Gasteiger partial charge < -0.3 is 14.8 Å². The number of fused-ring (bicyclic) bond motifs is 1. The molecule has 0 spiro atoms. The molecule has 128 valence electrons. The smallest absolute Gasteiger partial charge is 0.267 e. The Morgan fingerprint density at radius 2 is 2.00 bits per heavy atom. The maximum absolute atomic E-state index is 12.3. The first kappa shape index (κ1) is 16.3. The molecular weight excluding hydrogens is 310 g/mol. The lowest BCUT2D eigenvalue weighted by molar-refractivity contribution is -0.130. The quantitative estimate of drug-likeness (QED) is 0.913. The SMILES string of the molecule is C[C@H](NC(=O)C1=NN(C)C(=O)CC1)c1ccc2c(c1)OCCCO2. The molecule has 1 N–H and O–H groups in total. The molecule has 2 heterocycles. The maximum atomic E-state index is 12.3. The van der Waals surface area contributed by atoms with Crippen molar-refractivity contribution in [1.82, 2.24) is 10.3 Å². The summed E-state index contributed by atoms with van der Waals surface area (Å²) in [6.07, 6.45) is 1.52. The van der Waals surface area contributed by atoms with Gasteiger partial charge in [0, 0.05) is 26.3 Å². The van der Waals surface area contributed by atoms with Gasteiger partial charge in [-0.05, 0) is 24.6 Å². The summed E-state index contributed by atoms with van der Waals surface area (Å²) in [5, 5.41) is 8.17. The predicted octanol–water partition coefficient (Wildman–Crippen LogP) is 1.63. The Morgan fingerprint density at radius 1 is 1.25 bits per heavy atom. The Balaban J connectivity index is 1.69. The normalized spacial score (nSPS) is 18.5. The van der Waals surface area contributed by atoms with Crippen molar-refractivity contribution in [3.05, 3.63) is 23.8 Å². The van der Waals surface area contributed by atoms with Crippen LogP contribution in [-0.2, 0) is 9.59 Å². The molecule has 2 aliphatic rings. The van der Waals surface area contributed by atoms with Crippen molar-refractivity contribution in [1.29, 1.82) is 0 Å². The van der Waals surface area contributed by atoms with E-state index in [1.54, 1.807) is 7.05 Å². The van der Waals surface area contributed by atoms with Crippen LogP contribution in [0.15, 0.2) is 23.3 Å². The van der Waals surface area contributed by atoms with Gasteiger partial charge in [-0.3, -0.25) is 9.59 Å². The number of hydrogen-bond donors (Lipinski definition) is 1. The molecule has 0 radical (unpaired) electrons. The molecule has 0 saturated heterocycles. The molecule has 1 atom stereocenters. The van der Waals surface area contributed by atoms with Crippen molar-refractivity contribution < 1.29 is 19.1 Å².